The van der Waals surface area contributed by atoms with E-state index in [-0.39, 0.29) is 17.1 Å². The number of rotatable bonds is 7. The van der Waals surface area contributed by atoms with Crippen LogP contribution >= 0.6 is 0 Å². The number of hydrogen-bond donors (Lipinski definition) is 1. The Morgan fingerprint density at radius 1 is 0.957 bits per heavy atom. The lowest BCUT2D eigenvalue weighted by Crippen LogP contribution is -2.12. The van der Waals surface area contributed by atoms with E-state index in [0.717, 1.165) is 0 Å². The quantitative estimate of drug-likeness (QED) is 0.790. The second kappa shape index (κ2) is 7.31. The van der Waals surface area contributed by atoms with Crippen LogP contribution in [0.3, 0.4) is 0 Å². The molecule has 0 fully saturated rings. The van der Waals surface area contributed by atoms with Gasteiger partial charge in [0.15, 0.2) is 12.4 Å². The molecule has 0 saturated heterocycles. The first kappa shape index (κ1) is 16.4. The molecule has 0 aliphatic carbocycles. The largest absolute Gasteiger partial charge is 0.497 e. The van der Waals surface area contributed by atoms with Crippen LogP contribution in [0.4, 0.5) is 0 Å². The fourth-order valence-electron chi connectivity index (χ4n) is 1.97. The molecule has 0 aromatic heterocycles. The molecule has 2 aromatic rings. The SMILES string of the molecule is COc1ccc(C(=O)c2ccc(OC)cc2OCC(=O)O)cc1. The van der Waals surface area contributed by atoms with Crippen molar-refractivity contribution in [3.63, 3.8) is 0 Å². The monoisotopic (exact) mass is 316 g/mol. The normalized spacial score (nSPS) is 10.0. The van der Waals surface area contributed by atoms with Gasteiger partial charge in [-0.05, 0) is 36.4 Å². The minimum Gasteiger partial charge on any atom is -0.497 e. The number of benzene rings is 2. The van der Waals surface area contributed by atoms with Gasteiger partial charge in [0.05, 0.1) is 19.8 Å². The van der Waals surface area contributed by atoms with Crippen molar-refractivity contribution in [2.24, 2.45) is 0 Å². The summed E-state index contributed by atoms with van der Waals surface area (Å²) in [6.45, 7) is -0.546. The number of aliphatic carboxylic acids is 1. The van der Waals surface area contributed by atoms with Gasteiger partial charge in [0.2, 0.25) is 0 Å². The van der Waals surface area contributed by atoms with E-state index in [2.05, 4.69) is 0 Å². The van der Waals surface area contributed by atoms with Gasteiger partial charge >= 0.3 is 5.97 Å². The van der Waals surface area contributed by atoms with Crippen LogP contribution in [0.2, 0.25) is 0 Å². The Bertz CT molecular complexity index is 706. The summed E-state index contributed by atoms with van der Waals surface area (Å²) >= 11 is 0. The van der Waals surface area contributed by atoms with Gasteiger partial charge in [0.1, 0.15) is 17.2 Å². The molecule has 0 radical (unpaired) electrons. The molecule has 0 bridgehead atoms. The molecule has 6 nitrogen and oxygen atoms in total. The Kier molecular flexibility index (Phi) is 5.19. The highest BCUT2D eigenvalue weighted by Crippen LogP contribution is 2.27. The zero-order valence-electron chi connectivity index (χ0n) is 12.7. The van der Waals surface area contributed by atoms with Crippen LogP contribution in [0, 0.1) is 0 Å². The Balaban J connectivity index is 2.35. The number of hydrogen-bond acceptors (Lipinski definition) is 5. The van der Waals surface area contributed by atoms with Crippen LogP contribution in [-0.4, -0.2) is 37.7 Å². The molecular weight excluding hydrogens is 300 g/mol. The highest BCUT2D eigenvalue weighted by Gasteiger charge is 2.17. The van der Waals surface area contributed by atoms with Crippen LogP contribution < -0.4 is 14.2 Å². The van der Waals surface area contributed by atoms with Crippen molar-refractivity contribution in [3.05, 3.63) is 53.6 Å². The number of carbonyl (C=O) groups excluding carboxylic acids is 1. The fraction of sp³-hybridized carbons (Fsp3) is 0.176. The highest BCUT2D eigenvalue weighted by molar-refractivity contribution is 6.10. The zero-order chi connectivity index (χ0) is 16.8. The summed E-state index contributed by atoms with van der Waals surface area (Å²) in [4.78, 5) is 23.3. The minimum absolute atomic E-state index is 0.160. The third kappa shape index (κ3) is 4.00. The first-order chi connectivity index (χ1) is 11.0. The minimum atomic E-state index is -1.13. The Hall–Kier alpha value is -3.02. The molecule has 1 N–H and O–H groups in total. The van der Waals surface area contributed by atoms with Crippen molar-refractivity contribution in [3.8, 4) is 17.2 Å². The van der Waals surface area contributed by atoms with Gasteiger partial charge in [0.25, 0.3) is 0 Å². The highest BCUT2D eigenvalue weighted by atomic mass is 16.5. The number of carboxylic acid groups (broad SMARTS) is 1. The predicted octanol–water partition coefficient (Wildman–Crippen LogP) is 2.40. The maximum Gasteiger partial charge on any atom is 0.341 e. The van der Waals surface area contributed by atoms with Crippen molar-refractivity contribution in [1.82, 2.24) is 0 Å². The van der Waals surface area contributed by atoms with Gasteiger partial charge < -0.3 is 19.3 Å². The van der Waals surface area contributed by atoms with Gasteiger partial charge in [-0.15, -0.1) is 0 Å². The molecule has 23 heavy (non-hydrogen) atoms. The third-order valence-corrected chi connectivity index (χ3v) is 3.14. The van der Waals surface area contributed by atoms with E-state index in [9.17, 15) is 9.59 Å². The van der Waals surface area contributed by atoms with Crippen molar-refractivity contribution in [2.75, 3.05) is 20.8 Å². The number of carbonyl (C=O) groups is 2. The summed E-state index contributed by atoms with van der Waals surface area (Å²) in [5.41, 5.74) is 0.702. The predicted molar refractivity (Wildman–Crippen MR) is 82.6 cm³/mol. The van der Waals surface area contributed by atoms with Crippen LogP contribution in [0.5, 0.6) is 17.2 Å². The molecule has 120 valence electrons. The van der Waals surface area contributed by atoms with Gasteiger partial charge in [-0.1, -0.05) is 0 Å². The second-order valence-electron chi connectivity index (χ2n) is 4.60. The van der Waals surface area contributed by atoms with Gasteiger partial charge in [-0.3, -0.25) is 4.79 Å². The molecule has 2 aromatic carbocycles. The Morgan fingerprint density at radius 2 is 1.57 bits per heavy atom. The van der Waals surface area contributed by atoms with Crippen LogP contribution in [-0.2, 0) is 4.79 Å². The van der Waals surface area contributed by atoms with Crippen molar-refractivity contribution >= 4 is 11.8 Å². The number of methoxy groups -OCH3 is 2. The number of ether oxygens (including phenoxy) is 3. The smallest absolute Gasteiger partial charge is 0.341 e. The van der Waals surface area contributed by atoms with Crippen molar-refractivity contribution < 1.29 is 28.9 Å². The Labute approximate surface area is 133 Å². The summed E-state index contributed by atoms with van der Waals surface area (Å²) in [5, 5.41) is 8.75. The molecule has 0 aliphatic heterocycles. The summed E-state index contributed by atoms with van der Waals surface area (Å²) in [6, 6.07) is 11.3. The van der Waals surface area contributed by atoms with Crippen LogP contribution in [0.1, 0.15) is 15.9 Å². The number of carboxylic acids is 1. The lowest BCUT2D eigenvalue weighted by atomic mass is 10.0. The molecule has 0 heterocycles. The second-order valence-corrected chi connectivity index (χ2v) is 4.60. The van der Waals surface area contributed by atoms with Crippen molar-refractivity contribution in [2.45, 2.75) is 0 Å². The third-order valence-electron chi connectivity index (χ3n) is 3.14. The summed E-state index contributed by atoms with van der Waals surface area (Å²) in [6.07, 6.45) is 0. The first-order valence-electron chi connectivity index (χ1n) is 6.76. The van der Waals surface area contributed by atoms with Crippen LogP contribution in [0.15, 0.2) is 42.5 Å². The van der Waals surface area contributed by atoms with E-state index in [1.165, 1.54) is 20.3 Å². The molecule has 0 atom stereocenters. The van der Waals surface area contributed by atoms with E-state index in [1.807, 2.05) is 0 Å². The van der Waals surface area contributed by atoms with Crippen LogP contribution in [0.25, 0.3) is 0 Å². The summed E-state index contributed by atoms with van der Waals surface area (Å²) in [5.74, 6) is -0.144. The molecule has 0 spiro atoms. The van der Waals surface area contributed by atoms with Gasteiger partial charge in [0, 0.05) is 11.6 Å². The van der Waals surface area contributed by atoms with E-state index >= 15 is 0 Å². The van der Waals surface area contributed by atoms with Gasteiger partial charge in [-0.2, -0.15) is 0 Å². The average molecular weight is 316 g/mol. The zero-order valence-corrected chi connectivity index (χ0v) is 12.7. The molecular formula is C17H16O6. The van der Waals surface area contributed by atoms with E-state index in [1.54, 1.807) is 36.4 Å². The van der Waals surface area contributed by atoms with Gasteiger partial charge in [-0.25, -0.2) is 4.79 Å². The summed E-state index contributed by atoms with van der Waals surface area (Å²) in [7, 11) is 3.01. The van der Waals surface area contributed by atoms with Crippen molar-refractivity contribution in [1.29, 1.82) is 0 Å². The lowest BCUT2D eigenvalue weighted by molar-refractivity contribution is -0.139. The molecule has 6 heteroatoms. The molecule has 0 unspecified atom stereocenters. The standard InChI is InChI=1S/C17H16O6/c1-21-12-5-3-11(4-6-12)17(20)14-8-7-13(22-2)9-15(14)23-10-16(18)19/h3-9H,10H2,1-2H3,(H,18,19). The van der Waals surface area contributed by atoms with E-state index in [4.69, 9.17) is 19.3 Å². The molecule has 0 saturated carbocycles. The average Bonchev–Trinajstić information content (AvgIpc) is 2.59. The first-order valence-corrected chi connectivity index (χ1v) is 6.76. The maximum absolute atomic E-state index is 12.6. The maximum atomic E-state index is 12.6. The number of ketones is 1. The Morgan fingerprint density at radius 3 is 2.13 bits per heavy atom. The topological polar surface area (TPSA) is 82.1 Å². The fourth-order valence-corrected chi connectivity index (χ4v) is 1.97. The van der Waals surface area contributed by atoms with E-state index < -0.39 is 12.6 Å². The molecule has 2 rings (SSSR count). The summed E-state index contributed by atoms with van der Waals surface area (Å²) < 4.78 is 15.3. The van der Waals surface area contributed by atoms with E-state index in [0.29, 0.717) is 17.1 Å². The lowest BCUT2D eigenvalue weighted by Gasteiger charge is -2.11. The molecule has 0 amide bonds. The molecule has 0 aliphatic rings.